The fourth-order valence-electron chi connectivity index (χ4n) is 2.45. The monoisotopic (exact) mass is 379 g/mol. The highest BCUT2D eigenvalue weighted by Gasteiger charge is 2.25. The van der Waals surface area contributed by atoms with Crippen LogP contribution in [0.15, 0.2) is 60.7 Å². The number of nitrogens with zero attached hydrogens (tertiary/aromatic N) is 1. The number of carbonyl (C=O) groups excluding carboxylic acids is 4. The lowest BCUT2D eigenvalue weighted by atomic mass is 10.2. The molecule has 28 heavy (non-hydrogen) atoms. The van der Waals surface area contributed by atoms with Crippen molar-refractivity contribution in [1.82, 2.24) is 5.32 Å². The number of aromatic carboxylic acids is 1. The van der Waals surface area contributed by atoms with Crippen molar-refractivity contribution in [2.24, 2.45) is 0 Å². The van der Waals surface area contributed by atoms with E-state index in [4.69, 9.17) is 5.11 Å². The van der Waals surface area contributed by atoms with Gasteiger partial charge in [-0.3, -0.25) is 19.7 Å². The van der Waals surface area contributed by atoms with E-state index in [0.29, 0.717) is 11.4 Å². The maximum absolute atomic E-state index is 12.1. The summed E-state index contributed by atoms with van der Waals surface area (Å²) >= 11 is 0. The summed E-state index contributed by atoms with van der Waals surface area (Å²) in [6.45, 7) is 0. The summed E-state index contributed by atoms with van der Waals surface area (Å²) in [7, 11) is 0. The van der Waals surface area contributed by atoms with E-state index in [1.807, 2.05) is 0 Å². The average Bonchev–Trinajstić information content (AvgIpc) is 3.00. The average molecular weight is 379 g/mol. The fourth-order valence-corrected chi connectivity index (χ4v) is 2.45. The zero-order valence-electron chi connectivity index (χ0n) is 14.2. The molecule has 3 rings (SSSR count). The molecule has 1 aliphatic heterocycles. The zero-order valence-corrected chi connectivity index (χ0v) is 14.2. The molecule has 9 nitrogen and oxygen atoms in total. The Labute approximate surface area is 158 Å². The molecule has 0 aliphatic carbocycles. The fraction of sp³-hybridized carbons (Fsp3) is 0. The topological polar surface area (TPSA) is 133 Å². The summed E-state index contributed by atoms with van der Waals surface area (Å²) in [5, 5.41) is 13.4. The van der Waals surface area contributed by atoms with E-state index < -0.39 is 29.7 Å². The third-order valence-corrected chi connectivity index (χ3v) is 3.81. The molecular weight excluding hydrogens is 366 g/mol. The van der Waals surface area contributed by atoms with E-state index in [1.54, 1.807) is 0 Å². The first kappa shape index (κ1) is 18.5. The Morgan fingerprint density at radius 3 is 1.86 bits per heavy atom. The Morgan fingerprint density at radius 1 is 0.786 bits per heavy atom. The van der Waals surface area contributed by atoms with Gasteiger partial charge in [-0.15, -0.1) is 0 Å². The molecule has 9 heteroatoms. The smallest absolute Gasteiger partial charge is 0.335 e. The molecule has 0 radical (unpaired) electrons. The van der Waals surface area contributed by atoms with Crippen LogP contribution in [0.25, 0.3) is 0 Å². The Balaban J connectivity index is 1.61. The molecule has 0 spiro atoms. The van der Waals surface area contributed by atoms with E-state index in [1.165, 1.54) is 48.5 Å². The summed E-state index contributed by atoms with van der Waals surface area (Å²) in [5.74, 6) is -2.74. The van der Waals surface area contributed by atoms with Crippen LogP contribution in [0.2, 0.25) is 0 Å². The van der Waals surface area contributed by atoms with Gasteiger partial charge in [0.25, 0.3) is 17.7 Å². The minimum atomic E-state index is -1.09. The lowest BCUT2D eigenvalue weighted by Gasteiger charge is -2.14. The van der Waals surface area contributed by atoms with Gasteiger partial charge in [-0.1, -0.05) is 0 Å². The Bertz CT molecular complexity index is 991. The van der Waals surface area contributed by atoms with Gasteiger partial charge in [0, 0.05) is 23.4 Å². The summed E-state index contributed by atoms with van der Waals surface area (Å²) < 4.78 is 0. The number of imide groups is 2. The van der Waals surface area contributed by atoms with Gasteiger partial charge < -0.3 is 10.4 Å². The summed E-state index contributed by atoms with van der Waals surface area (Å²) in [6, 6.07) is 10.2. The molecule has 2 aromatic rings. The first-order chi connectivity index (χ1) is 13.3. The molecule has 0 fully saturated rings. The van der Waals surface area contributed by atoms with Crippen molar-refractivity contribution in [2.75, 3.05) is 10.2 Å². The molecule has 2 aromatic carbocycles. The van der Waals surface area contributed by atoms with Crippen LogP contribution in [0.5, 0.6) is 0 Å². The molecule has 0 unspecified atom stereocenters. The van der Waals surface area contributed by atoms with Gasteiger partial charge in [0.2, 0.25) is 0 Å². The van der Waals surface area contributed by atoms with Crippen LogP contribution in [0.1, 0.15) is 20.7 Å². The number of nitrogens with one attached hydrogen (secondary N) is 2. The highest BCUT2D eigenvalue weighted by molar-refractivity contribution is 6.28. The third-order valence-electron chi connectivity index (χ3n) is 3.81. The standard InChI is InChI=1S/C19H13N3O6/c23-15-9-10-16(24)22(15)14-7-3-11(4-8-14)17(25)21-19(28)20-13-5-1-12(2-6-13)18(26)27/h1-10H,(H,26,27)(H2,20,21,25,28). The number of hydrogen-bond acceptors (Lipinski definition) is 5. The predicted molar refractivity (Wildman–Crippen MR) is 98.0 cm³/mol. The van der Waals surface area contributed by atoms with Gasteiger partial charge in [-0.25, -0.2) is 14.5 Å². The summed E-state index contributed by atoms with van der Waals surface area (Å²) in [4.78, 5) is 59.1. The molecule has 1 heterocycles. The van der Waals surface area contributed by atoms with Crippen molar-refractivity contribution in [3.05, 3.63) is 71.8 Å². The van der Waals surface area contributed by atoms with E-state index in [9.17, 15) is 24.0 Å². The molecule has 0 saturated carbocycles. The molecule has 140 valence electrons. The van der Waals surface area contributed by atoms with Gasteiger partial charge in [0.15, 0.2) is 0 Å². The van der Waals surface area contributed by atoms with Crippen LogP contribution in [-0.2, 0) is 9.59 Å². The molecule has 0 atom stereocenters. The minimum Gasteiger partial charge on any atom is -0.478 e. The number of amides is 5. The summed E-state index contributed by atoms with van der Waals surface area (Å²) in [5.41, 5.74) is 0.822. The van der Waals surface area contributed by atoms with Crippen LogP contribution in [0, 0.1) is 0 Å². The number of carbonyl (C=O) groups is 5. The van der Waals surface area contributed by atoms with E-state index >= 15 is 0 Å². The maximum atomic E-state index is 12.1. The zero-order chi connectivity index (χ0) is 20.3. The Kier molecular flexibility index (Phi) is 4.99. The van der Waals surface area contributed by atoms with Crippen molar-refractivity contribution < 1.29 is 29.1 Å². The minimum absolute atomic E-state index is 0.0623. The maximum Gasteiger partial charge on any atom is 0.335 e. The van der Waals surface area contributed by atoms with E-state index in [-0.39, 0.29) is 11.1 Å². The normalized spacial score (nSPS) is 12.8. The van der Waals surface area contributed by atoms with E-state index in [2.05, 4.69) is 10.6 Å². The van der Waals surface area contributed by atoms with Crippen LogP contribution in [0.4, 0.5) is 16.2 Å². The number of carboxylic acid groups (broad SMARTS) is 1. The van der Waals surface area contributed by atoms with Crippen LogP contribution in [0.3, 0.4) is 0 Å². The number of rotatable bonds is 4. The largest absolute Gasteiger partial charge is 0.478 e. The highest BCUT2D eigenvalue weighted by Crippen LogP contribution is 2.19. The molecule has 0 aromatic heterocycles. The molecular formula is C19H13N3O6. The highest BCUT2D eigenvalue weighted by atomic mass is 16.4. The van der Waals surface area contributed by atoms with Crippen molar-refractivity contribution >= 4 is 41.1 Å². The van der Waals surface area contributed by atoms with Gasteiger partial charge in [0.05, 0.1) is 11.3 Å². The molecule has 5 amide bonds. The quantitative estimate of drug-likeness (QED) is 0.694. The second-order valence-electron chi connectivity index (χ2n) is 5.68. The van der Waals surface area contributed by atoms with Gasteiger partial charge in [-0.2, -0.15) is 0 Å². The number of anilines is 2. The van der Waals surface area contributed by atoms with Crippen molar-refractivity contribution in [1.29, 1.82) is 0 Å². The van der Waals surface area contributed by atoms with Gasteiger partial charge in [0.1, 0.15) is 0 Å². The first-order valence-corrected chi connectivity index (χ1v) is 7.97. The van der Waals surface area contributed by atoms with E-state index in [0.717, 1.165) is 17.1 Å². The second kappa shape index (κ2) is 7.54. The van der Waals surface area contributed by atoms with Crippen LogP contribution in [-0.4, -0.2) is 34.8 Å². The first-order valence-electron chi connectivity index (χ1n) is 7.97. The third kappa shape index (κ3) is 3.93. The number of carboxylic acids is 1. The van der Waals surface area contributed by atoms with Crippen molar-refractivity contribution in [2.45, 2.75) is 0 Å². The summed E-state index contributed by atoms with van der Waals surface area (Å²) in [6.07, 6.45) is 2.30. The molecule has 3 N–H and O–H groups in total. The predicted octanol–water partition coefficient (Wildman–Crippen LogP) is 1.78. The SMILES string of the molecule is O=C(NC(=O)c1ccc(N2C(=O)C=CC2=O)cc1)Nc1ccc(C(=O)O)cc1. The lowest BCUT2D eigenvalue weighted by molar-refractivity contribution is -0.120. The van der Waals surface area contributed by atoms with Gasteiger partial charge >= 0.3 is 12.0 Å². The van der Waals surface area contributed by atoms with Crippen molar-refractivity contribution in [3.8, 4) is 0 Å². The second-order valence-corrected chi connectivity index (χ2v) is 5.68. The number of hydrogen-bond donors (Lipinski definition) is 3. The van der Waals surface area contributed by atoms with Crippen LogP contribution >= 0.6 is 0 Å². The molecule has 1 aliphatic rings. The van der Waals surface area contributed by atoms with Gasteiger partial charge in [-0.05, 0) is 48.5 Å². The van der Waals surface area contributed by atoms with Crippen molar-refractivity contribution in [3.63, 3.8) is 0 Å². The number of urea groups is 1. The number of benzene rings is 2. The molecule has 0 bridgehead atoms. The van der Waals surface area contributed by atoms with Crippen LogP contribution < -0.4 is 15.5 Å². The molecule has 0 saturated heterocycles. The lowest BCUT2D eigenvalue weighted by Crippen LogP contribution is -2.34. The Morgan fingerprint density at radius 2 is 1.32 bits per heavy atom. The Hall–Kier alpha value is -4.27.